The van der Waals surface area contributed by atoms with E-state index in [9.17, 15) is 13.2 Å². The number of nitriles is 1. The number of rotatable bonds is 2. The predicted octanol–water partition coefficient (Wildman–Crippen LogP) is 0.893. The Bertz CT molecular complexity index is 438. The van der Waals surface area contributed by atoms with Gasteiger partial charge in [-0.05, 0) is 0 Å². The summed E-state index contributed by atoms with van der Waals surface area (Å²) in [5.74, 6) is -1.17. The first-order chi connectivity index (χ1) is 7.37. The highest BCUT2D eigenvalue weighted by molar-refractivity contribution is 5.52. The van der Waals surface area contributed by atoms with Crippen LogP contribution in [0.25, 0.3) is 0 Å². The van der Waals surface area contributed by atoms with Gasteiger partial charge < -0.3 is 16.2 Å². The maximum atomic E-state index is 11.9. The zero-order chi connectivity index (χ0) is 12.3. The van der Waals surface area contributed by atoms with Gasteiger partial charge in [0.2, 0.25) is 0 Å². The molecule has 0 aliphatic carbocycles. The van der Waals surface area contributed by atoms with Gasteiger partial charge in [0.1, 0.15) is 6.07 Å². The molecule has 1 rings (SSSR count). The molecule has 0 radical (unpaired) electrons. The van der Waals surface area contributed by atoms with Crippen LogP contribution in [-0.2, 0) is 6.54 Å². The first kappa shape index (κ1) is 12.1. The quantitative estimate of drug-likeness (QED) is 0.789. The molecule has 1 aromatic heterocycles. The van der Waals surface area contributed by atoms with Crippen molar-refractivity contribution in [2.24, 2.45) is 5.73 Å². The third kappa shape index (κ3) is 2.74. The summed E-state index contributed by atoms with van der Waals surface area (Å²) in [6, 6.07) is 2.51. The maximum Gasteiger partial charge on any atom is 0.573 e. The molecular weight excluding hydrogens is 225 g/mol. The van der Waals surface area contributed by atoms with Gasteiger partial charge in [0.05, 0.1) is 11.3 Å². The average molecular weight is 232 g/mol. The number of anilines is 1. The number of hydrogen-bond donors (Lipinski definition) is 2. The number of alkyl halides is 3. The van der Waals surface area contributed by atoms with Crippen LogP contribution in [0.2, 0.25) is 0 Å². The summed E-state index contributed by atoms with van der Waals surface area (Å²) in [7, 11) is 0. The molecule has 0 saturated heterocycles. The summed E-state index contributed by atoms with van der Waals surface area (Å²) < 4.78 is 39.4. The Labute approximate surface area is 88.4 Å². The molecule has 0 unspecified atom stereocenters. The molecule has 8 heteroatoms. The number of aromatic nitrogens is 1. The minimum absolute atomic E-state index is 0.0978. The molecule has 1 aromatic rings. The molecule has 0 aliphatic heterocycles. The van der Waals surface area contributed by atoms with E-state index >= 15 is 0 Å². The van der Waals surface area contributed by atoms with Gasteiger partial charge in [-0.15, -0.1) is 13.2 Å². The second-order valence-electron chi connectivity index (χ2n) is 2.73. The Kier molecular flexibility index (Phi) is 3.20. The van der Waals surface area contributed by atoms with Crippen molar-refractivity contribution in [1.29, 1.82) is 5.26 Å². The van der Waals surface area contributed by atoms with E-state index in [1.165, 1.54) is 0 Å². The van der Waals surface area contributed by atoms with Crippen molar-refractivity contribution in [3.05, 3.63) is 17.3 Å². The van der Waals surface area contributed by atoms with Gasteiger partial charge in [-0.2, -0.15) is 5.26 Å². The number of ether oxygens (including phenoxy) is 1. The Morgan fingerprint density at radius 1 is 1.50 bits per heavy atom. The van der Waals surface area contributed by atoms with Gasteiger partial charge in [-0.25, -0.2) is 4.98 Å². The van der Waals surface area contributed by atoms with E-state index in [0.29, 0.717) is 0 Å². The maximum absolute atomic E-state index is 11.9. The summed E-state index contributed by atoms with van der Waals surface area (Å²) >= 11 is 0. The zero-order valence-corrected chi connectivity index (χ0v) is 7.88. The van der Waals surface area contributed by atoms with E-state index in [1.807, 2.05) is 0 Å². The van der Waals surface area contributed by atoms with E-state index in [0.717, 1.165) is 6.07 Å². The molecule has 86 valence electrons. The second kappa shape index (κ2) is 4.24. The summed E-state index contributed by atoms with van der Waals surface area (Å²) in [6.45, 7) is -0.0978. The van der Waals surface area contributed by atoms with Gasteiger partial charge in [0.25, 0.3) is 0 Å². The molecular formula is C8H7F3N4O. The van der Waals surface area contributed by atoms with E-state index < -0.39 is 17.9 Å². The third-order valence-electron chi connectivity index (χ3n) is 1.63. The van der Waals surface area contributed by atoms with Crippen LogP contribution in [0.1, 0.15) is 11.3 Å². The largest absolute Gasteiger partial charge is 0.573 e. The van der Waals surface area contributed by atoms with Crippen LogP contribution in [0.3, 0.4) is 0 Å². The molecule has 5 nitrogen and oxygen atoms in total. The summed E-state index contributed by atoms with van der Waals surface area (Å²) in [6.07, 6.45) is -4.88. The molecule has 0 aliphatic rings. The minimum Gasteiger partial charge on any atom is -0.402 e. The van der Waals surface area contributed by atoms with Crippen LogP contribution in [0.5, 0.6) is 5.75 Å². The summed E-state index contributed by atoms with van der Waals surface area (Å²) in [4.78, 5) is 3.55. The molecule has 16 heavy (non-hydrogen) atoms. The molecule has 0 aromatic carbocycles. The van der Waals surface area contributed by atoms with Crippen molar-refractivity contribution in [3.63, 3.8) is 0 Å². The number of hydrogen-bond acceptors (Lipinski definition) is 5. The third-order valence-corrected chi connectivity index (χ3v) is 1.63. The molecule has 0 saturated carbocycles. The van der Waals surface area contributed by atoms with Gasteiger partial charge in [-0.1, -0.05) is 0 Å². The molecule has 0 bridgehead atoms. The predicted molar refractivity (Wildman–Crippen MR) is 47.9 cm³/mol. The topological polar surface area (TPSA) is 97.9 Å². The van der Waals surface area contributed by atoms with E-state index in [4.69, 9.17) is 16.7 Å². The Hall–Kier alpha value is -2.01. The van der Waals surface area contributed by atoms with Crippen molar-refractivity contribution in [3.8, 4) is 11.8 Å². The Morgan fingerprint density at radius 3 is 2.56 bits per heavy atom. The highest BCUT2D eigenvalue weighted by Gasteiger charge is 2.32. The van der Waals surface area contributed by atoms with Crippen LogP contribution < -0.4 is 16.2 Å². The standard InChI is InChI=1S/C8H7F3N4O/c9-8(10,11)16-6-1-4(2-12)5(3-13)15-7(6)14/h1H,3,13H2,(H2,14,15). The zero-order valence-electron chi connectivity index (χ0n) is 7.88. The van der Waals surface area contributed by atoms with Crippen molar-refractivity contribution < 1.29 is 17.9 Å². The van der Waals surface area contributed by atoms with Gasteiger partial charge in [0.15, 0.2) is 11.6 Å². The number of nitrogens with two attached hydrogens (primary N) is 2. The number of nitrogen functional groups attached to an aromatic ring is 1. The smallest absolute Gasteiger partial charge is 0.402 e. The fourth-order valence-corrected chi connectivity index (χ4v) is 1.01. The van der Waals surface area contributed by atoms with Crippen molar-refractivity contribution in [1.82, 2.24) is 4.98 Å². The van der Waals surface area contributed by atoms with Crippen LogP contribution >= 0.6 is 0 Å². The number of nitrogens with zero attached hydrogens (tertiary/aromatic N) is 2. The van der Waals surface area contributed by atoms with E-state index in [1.54, 1.807) is 6.07 Å². The molecule has 0 spiro atoms. The lowest BCUT2D eigenvalue weighted by atomic mass is 10.2. The van der Waals surface area contributed by atoms with Crippen molar-refractivity contribution in [2.45, 2.75) is 12.9 Å². The lowest BCUT2D eigenvalue weighted by molar-refractivity contribution is -0.274. The Morgan fingerprint density at radius 2 is 2.12 bits per heavy atom. The average Bonchev–Trinajstić information content (AvgIpc) is 2.18. The SMILES string of the molecule is N#Cc1cc(OC(F)(F)F)c(N)nc1CN. The highest BCUT2D eigenvalue weighted by atomic mass is 19.4. The van der Waals surface area contributed by atoms with E-state index in [2.05, 4.69) is 9.72 Å². The molecule has 4 N–H and O–H groups in total. The van der Waals surface area contributed by atoms with Crippen LogP contribution in [0.4, 0.5) is 19.0 Å². The fraction of sp³-hybridized carbons (Fsp3) is 0.250. The van der Waals surface area contributed by atoms with Crippen molar-refractivity contribution >= 4 is 5.82 Å². The lowest BCUT2D eigenvalue weighted by Gasteiger charge is -2.11. The molecule has 0 fully saturated rings. The molecule has 0 amide bonds. The highest BCUT2D eigenvalue weighted by Crippen LogP contribution is 2.28. The van der Waals surface area contributed by atoms with Gasteiger partial charge in [0, 0.05) is 12.6 Å². The minimum atomic E-state index is -4.88. The lowest BCUT2D eigenvalue weighted by Crippen LogP contribution is -2.19. The van der Waals surface area contributed by atoms with Crippen LogP contribution in [0, 0.1) is 11.3 Å². The van der Waals surface area contributed by atoms with E-state index in [-0.39, 0.29) is 17.8 Å². The second-order valence-corrected chi connectivity index (χ2v) is 2.73. The fourth-order valence-electron chi connectivity index (χ4n) is 1.01. The molecule has 1 heterocycles. The number of pyridine rings is 1. The number of halogens is 3. The van der Waals surface area contributed by atoms with Gasteiger partial charge in [-0.3, -0.25) is 0 Å². The monoisotopic (exact) mass is 232 g/mol. The van der Waals surface area contributed by atoms with Crippen molar-refractivity contribution in [2.75, 3.05) is 5.73 Å². The van der Waals surface area contributed by atoms with Gasteiger partial charge >= 0.3 is 6.36 Å². The normalized spacial score (nSPS) is 10.9. The molecule has 0 atom stereocenters. The Balaban J connectivity index is 3.18. The van der Waals surface area contributed by atoms with Crippen LogP contribution in [-0.4, -0.2) is 11.3 Å². The first-order valence-corrected chi connectivity index (χ1v) is 4.02. The summed E-state index contributed by atoms with van der Waals surface area (Å²) in [5, 5.41) is 8.64. The summed E-state index contributed by atoms with van der Waals surface area (Å²) in [5.41, 5.74) is 10.5. The van der Waals surface area contributed by atoms with Crippen LogP contribution in [0.15, 0.2) is 6.07 Å². The first-order valence-electron chi connectivity index (χ1n) is 4.02.